The highest BCUT2D eigenvalue weighted by atomic mass is 79.9. The molecular weight excluding hydrogens is 343 g/mol. The van der Waals surface area contributed by atoms with Gasteiger partial charge in [0.1, 0.15) is 11.9 Å². The Labute approximate surface area is 131 Å². The highest BCUT2D eigenvalue weighted by Gasteiger charge is 2.33. The number of rotatable bonds is 5. The summed E-state index contributed by atoms with van der Waals surface area (Å²) in [5.74, 6) is 3.38. The first-order valence-corrected chi connectivity index (χ1v) is 7.28. The monoisotopic (exact) mass is 360 g/mol. The topological polar surface area (TPSA) is 72.6 Å². The van der Waals surface area contributed by atoms with Crippen LogP contribution in [0.25, 0.3) is 0 Å². The van der Waals surface area contributed by atoms with Crippen LogP contribution in [0.4, 0.5) is 4.39 Å². The second-order valence-corrected chi connectivity index (χ2v) is 5.69. The van der Waals surface area contributed by atoms with E-state index in [9.17, 15) is 14.0 Å². The Balaban J connectivity index is 3.05. The molecule has 0 spiro atoms. The zero-order valence-corrected chi connectivity index (χ0v) is 13.7. The maximum absolute atomic E-state index is 13.8. The fourth-order valence-corrected chi connectivity index (χ4v) is 2.20. The smallest absolute Gasteiger partial charge is 0.330 e. The molecule has 1 aromatic rings. The number of hydrazine groups is 1. The minimum absolute atomic E-state index is 0.177. The number of amides is 1. The summed E-state index contributed by atoms with van der Waals surface area (Å²) in [5.41, 5.74) is -0.198. The van der Waals surface area contributed by atoms with E-state index in [0.717, 1.165) is 11.1 Å². The summed E-state index contributed by atoms with van der Waals surface area (Å²) in [6.07, 6.45) is 0. The second kappa shape index (κ2) is 7.51. The maximum Gasteiger partial charge on any atom is 0.330 e. The predicted molar refractivity (Wildman–Crippen MR) is 79.7 cm³/mol. The number of hydrogen-bond donors (Lipinski definition) is 1. The fourth-order valence-electron chi connectivity index (χ4n) is 1.86. The maximum atomic E-state index is 13.8. The lowest BCUT2D eigenvalue weighted by molar-refractivity contribution is -0.150. The predicted octanol–water partition coefficient (Wildman–Crippen LogP) is 2.49. The Morgan fingerprint density at radius 1 is 1.43 bits per heavy atom. The van der Waals surface area contributed by atoms with E-state index in [0.29, 0.717) is 4.47 Å². The van der Waals surface area contributed by atoms with Gasteiger partial charge in [-0.1, -0.05) is 29.8 Å². The molecule has 1 rings (SSSR count). The van der Waals surface area contributed by atoms with Crippen LogP contribution in [0.1, 0.15) is 31.1 Å². The van der Waals surface area contributed by atoms with E-state index in [1.807, 2.05) is 0 Å². The van der Waals surface area contributed by atoms with Gasteiger partial charge in [0.25, 0.3) is 5.91 Å². The lowest BCUT2D eigenvalue weighted by Gasteiger charge is -2.28. The van der Waals surface area contributed by atoms with E-state index >= 15 is 0 Å². The van der Waals surface area contributed by atoms with Crippen molar-refractivity contribution < 1.29 is 18.7 Å². The SMILES string of the molecule is CCOC(=O)C(C(C)C)N(N)C(=O)c1ccc(Br)cc1F. The molecule has 1 aromatic carbocycles. The van der Waals surface area contributed by atoms with E-state index in [-0.39, 0.29) is 18.1 Å². The molecule has 0 aliphatic carbocycles. The van der Waals surface area contributed by atoms with Crippen molar-refractivity contribution in [1.82, 2.24) is 5.01 Å². The normalized spacial score (nSPS) is 12.1. The lowest BCUT2D eigenvalue weighted by atomic mass is 10.0. The molecule has 2 N–H and O–H groups in total. The van der Waals surface area contributed by atoms with Crippen molar-refractivity contribution in [2.75, 3.05) is 6.61 Å². The minimum Gasteiger partial charge on any atom is -0.464 e. The number of carbonyl (C=O) groups is 2. The lowest BCUT2D eigenvalue weighted by Crippen LogP contribution is -2.53. The highest BCUT2D eigenvalue weighted by Crippen LogP contribution is 2.19. The number of esters is 1. The van der Waals surface area contributed by atoms with Gasteiger partial charge in [0.15, 0.2) is 0 Å². The van der Waals surface area contributed by atoms with E-state index in [2.05, 4.69) is 15.9 Å². The molecule has 7 heteroatoms. The van der Waals surface area contributed by atoms with Crippen LogP contribution in [-0.2, 0) is 9.53 Å². The van der Waals surface area contributed by atoms with Crippen LogP contribution in [0.2, 0.25) is 0 Å². The van der Waals surface area contributed by atoms with Gasteiger partial charge in [-0.05, 0) is 31.0 Å². The average molecular weight is 361 g/mol. The first-order valence-electron chi connectivity index (χ1n) is 6.49. The third-order valence-electron chi connectivity index (χ3n) is 2.86. The van der Waals surface area contributed by atoms with Crippen LogP contribution in [-0.4, -0.2) is 29.5 Å². The van der Waals surface area contributed by atoms with Crippen LogP contribution in [0.5, 0.6) is 0 Å². The Hall–Kier alpha value is -1.47. The largest absolute Gasteiger partial charge is 0.464 e. The number of nitrogens with two attached hydrogens (primary N) is 1. The molecule has 0 aliphatic rings. The molecule has 1 atom stereocenters. The summed E-state index contributed by atoms with van der Waals surface area (Å²) < 4.78 is 19.2. The van der Waals surface area contributed by atoms with E-state index in [1.54, 1.807) is 20.8 Å². The Morgan fingerprint density at radius 3 is 2.52 bits per heavy atom. The number of hydrogen-bond acceptors (Lipinski definition) is 4. The molecular formula is C14H18BrFN2O3. The molecule has 0 bridgehead atoms. The van der Waals surface area contributed by atoms with E-state index in [1.165, 1.54) is 12.1 Å². The van der Waals surface area contributed by atoms with Crippen molar-refractivity contribution in [1.29, 1.82) is 0 Å². The summed E-state index contributed by atoms with van der Waals surface area (Å²) in [5, 5.41) is 0.731. The van der Waals surface area contributed by atoms with E-state index < -0.39 is 23.7 Å². The number of ether oxygens (including phenoxy) is 1. The molecule has 0 saturated heterocycles. The second-order valence-electron chi connectivity index (χ2n) is 4.78. The Morgan fingerprint density at radius 2 is 2.05 bits per heavy atom. The molecule has 21 heavy (non-hydrogen) atoms. The van der Waals surface area contributed by atoms with Crippen molar-refractivity contribution in [3.05, 3.63) is 34.1 Å². The van der Waals surface area contributed by atoms with Gasteiger partial charge < -0.3 is 4.74 Å². The third kappa shape index (κ3) is 4.25. The van der Waals surface area contributed by atoms with Crippen molar-refractivity contribution in [3.63, 3.8) is 0 Å². The molecule has 0 heterocycles. The summed E-state index contributed by atoms with van der Waals surface area (Å²) in [6, 6.07) is 3.03. The van der Waals surface area contributed by atoms with Gasteiger partial charge in [0.05, 0.1) is 12.2 Å². The summed E-state index contributed by atoms with van der Waals surface area (Å²) in [6.45, 7) is 5.29. The van der Waals surface area contributed by atoms with Crippen LogP contribution in [0.15, 0.2) is 22.7 Å². The van der Waals surface area contributed by atoms with Crippen molar-refractivity contribution >= 4 is 27.8 Å². The molecule has 1 unspecified atom stereocenters. The van der Waals surface area contributed by atoms with Gasteiger partial charge in [-0.3, -0.25) is 9.80 Å². The van der Waals surface area contributed by atoms with Gasteiger partial charge in [-0.15, -0.1) is 0 Å². The number of benzene rings is 1. The van der Waals surface area contributed by atoms with Crippen LogP contribution >= 0.6 is 15.9 Å². The van der Waals surface area contributed by atoms with Crippen LogP contribution < -0.4 is 5.84 Å². The molecule has 5 nitrogen and oxygen atoms in total. The van der Waals surface area contributed by atoms with Crippen LogP contribution in [0, 0.1) is 11.7 Å². The molecule has 0 saturated carbocycles. The molecule has 116 valence electrons. The number of carbonyl (C=O) groups excluding carboxylic acids is 2. The Bertz CT molecular complexity index is 537. The summed E-state index contributed by atoms with van der Waals surface area (Å²) in [7, 11) is 0. The van der Waals surface area contributed by atoms with E-state index in [4.69, 9.17) is 10.6 Å². The number of nitrogens with zero attached hydrogens (tertiary/aromatic N) is 1. The highest BCUT2D eigenvalue weighted by molar-refractivity contribution is 9.10. The van der Waals surface area contributed by atoms with Crippen molar-refractivity contribution in [2.45, 2.75) is 26.8 Å². The Kier molecular flexibility index (Phi) is 6.29. The van der Waals surface area contributed by atoms with Crippen LogP contribution in [0.3, 0.4) is 0 Å². The first kappa shape index (κ1) is 17.6. The van der Waals surface area contributed by atoms with Gasteiger partial charge in [-0.25, -0.2) is 15.0 Å². The van der Waals surface area contributed by atoms with Gasteiger partial charge >= 0.3 is 5.97 Å². The fraction of sp³-hybridized carbons (Fsp3) is 0.429. The molecule has 0 fully saturated rings. The average Bonchev–Trinajstić information content (AvgIpc) is 2.37. The van der Waals surface area contributed by atoms with Crippen molar-refractivity contribution in [3.8, 4) is 0 Å². The summed E-state index contributed by atoms with van der Waals surface area (Å²) >= 11 is 3.11. The molecule has 0 radical (unpaired) electrons. The molecule has 0 aromatic heterocycles. The summed E-state index contributed by atoms with van der Waals surface area (Å²) in [4.78, 5) is 24.2. The zero-order valence-electron chi connectivity index (χ0n) is 12.1. The standard InChI is InChI=1S/C14H18BrFN2O3/c1-4-21-14(20)12(8(2)3)18(17)13(19)10-6-5-9(15)7-11(10)16/h5-8,12H,4,17H2,1-3H3. The van der Waals surface area contributed by atoms with Gasteiger partial charge in [-0.2, -0.15) is 0 Å². The van der Waals surface area contributed by atoms with Gasteiger partial charge in [0, 0.05) is 4.47 Å². The molecule has 0 aliphatic heterocycles. The zero-order chi connectivity index (χ0) is 16.2. The first-order chi connectivity index (χ1) is 9.79. The molecule has 1 amide bonds. The third-order valence-corrected chi connectivity index (χ3v) is 3.35. The van der Waals surface area contributed by atoms with Gasteiger partial charge in [0.2, 0.25) is 0 Å². The minimum atomic E-state index is -0.972. The quantitative estimate of drug-likeness (QED) is 0.379. The van der Waals surface area contributed by atoms with Crippen molar-refractivity contribution in [2.24, 2.45) is 11.8 Å². The number of halogens is 2.